The Hall–Kier alpha value is -4.08. The molecule has 0 saturated carbocycles. The molecule has 1 aliphatic rings. The Labute approximate surface area is 260 Å². The summed E-state index contributed by atoms with van der Waals surface area (Å²) in [5.41, 5.74) is 3.38. The minimum atomic E-state index is -0.460. The first-order valence-electron chi connectivity index (χ1n) is 14.3. The topological polar surface area (TPSA) is 93.7 Å². The number of thiophene rings is 1. The quantitative estimate of drug-likeness (QED) is 0.136. The van der Waals surface area contributed by atoms with E-state index >= 15 is 0 Å². The molecule has 2 amide bonds. The van der Waals surface area contributed by atoms with Gasteiger partial charge in [0.25, 0.3) is 5.91 Å². The molecule has 1 heterocycles. The van der Waals surface area contributed by atoms with E-state index in [0.717, 1.165) is 34.6 Å². The standard InChI is InChI=1S/C34H34N2O5S2/c1-3-40-34(39)31-28-18-17-24(23-11-6-4-7-12-23)19-29(28)43-33(31)36-32(38)22(2)42-27-16-10-13-25(20-27)35-30(37)21-41-26-14-8-5-9-15-26/h4-16,20,22,24H,3,17-19,21H2,1-2H3,(H,35,37)(H,36,38). The molecular formula is C34H34N2O5S2. The Morgan fingerprint density at radius 2 is 1.72 bits per heavy atom. The van der Waals surface area contributed by atoms with E-state index in [1.807, 2.05) is 49.4 Å². The van der Waals surface area contributed by atoms with Crippen LogP contribution in [0.5, 0.6) is 5.75 Å². The number of para-hydroxylation sites is 1. The molecule has 43 heavy (non-hydrogen) atoms. The summed E-state index contributed by atoms with van der Waals surface area (Å²) in [6, 6.07) is 26.9. The Kier molecular flexibility index (Phi) is 10.2. The van der Waals surface area contributed by atoms with E-state index in [2.05, 4.69) is 34.9 Å². The minimum absolute atomic E-state index is 0.111. The van der Waals surface area contributed by atoms with Gasteiger partial charge < -0.3 is 20.1 Å². The number of ether oxygens (including phenoxy) is 2. The number of carbonyl (C=O) groups excluding carboxylic acids is 3. The van der Waals surface area contributed by atoms with Gasteiger partial charge in [-0.2, -0.15) is 0 Å². The van der Waals surface area contributed by atoms with Gasteiger partial charge in [-0.3, -0.25) is 9.59 Å². The Morgan fingerprint density at radius 3 is 2.47 bits per heavy atom. The zero-order valence-electron chi connectivity index (χ0n) is 24.1. The smallest absolute Gasteiger partial charge is 0.341 e. The molecule has 0 spiro atoms. The van der Waals surface area contributed by atoms with E-state index in [-0.39, 0.29) is 25.0 Å². The lowest BCUT2D eigenvalue weighted by molar-refractivity contribution is -0.118. The number of anilines is 2. The lowest BCUT2D eigenvalue weighted by Crippen LogP contribution is -2.23. The fraction of sp³-hybridized carbons (Fsp3) is 0.265. The van der Waals surface area contributed by atoms with E-state index in [4.69, 9.17) is 9.47 Å². The fourth-order valence-electron chi connectivity index (χ4n) is 5.08. The third-order valence-electron chi connectivity index (χ3n) is 7.17. The summed E-state index contributed by atoms with van der Waals surface area (Å²) in [5, 5.41) is 5.97. The van der Waals surface area contributed by atoms with E-state index in [1.165, 1.54) is 28.7 Å². The molecule has 0 radical (unpaired) electrons. The second-order valence-electron chi connectivity index (χ2n) is 10.2. The van der Waals surface area contributed by atoms with Crippen molar-refractivity contribution in [3.05, 3.63) is 106 Å². The summed E-state index contributed by atoms with van der Waals surface area (Å²) in [4.78, 5) is 40.8. The van der Waals surface area contributed by atoms with Crippen LogP contribution in [0.3, 0.4) is 0 Å². The highest BCUT2D eigenvalue weighted by atomic mass is 32.2. The number of amides is 2. The van der Waals surface area contributed by atoms with Crippen molar-refractivity contribution in [2.75, 3.05) is 23.8 Å². The highest BCUT2D eigenvalue weighted by molar-refractivity contribution is 8.00. The molecule has 2 unspecified atom stereocenters. The first kappa shape index (κ1) is 30.4. The highest BCUT2D eigenvalue weighted by Gasteiger charge is 2.31. The molecular weight excluding hydrogens is 581 g/mol. The van der Waals surface area contributed by atoms with Gasteiger partial charge in [-0.25, -0.2) is 4.79 Å². The Balaban J connectivity index is 1.24. The monoisotopic (exact) mass is 614 g/mol. The van der Waals surface area contributed by atoms with Crippen LogP contribution < -0.4 is 15.4 Å². The molecule has 9 heteroatoms. The molecule has 2 atom stereocenters. The predicted octanol–water partition coefficient (Wildman–Crippen LogP) is 7.33. The van der Waals surface area contributed by atoms with Gasteiger partial charge in [0.2, 0.25) is 5.91 Å². The van der Waals surface area contributed by atoms with Gasteiger partial charge in [0, 0.05) is 15.5 Å². The van der Waals surface area contributed by atoms with Gasteiger partial charge in [0.15, 0.2) is 6.61 Å². The van der Waals surface area contributed by atoms with Crippen molar-refractivity contribution in [2.45, 2.75) is 49.2 Å². The van der Waals surface area contributed by atoms with Crippen molar-refractivity contribution >= 4 is 51.6 Å². The number of carbonyl (C=O) groups is 3. The zero-order chi connectivity index (χ0) is 30.2. The molecule has 1 aliphatic carbocycles. The van der Waals surface area contributed by atoms with Gasteiger partial charge in [0.05, 0.1) is 17.4 Å². The number of fused-ring (bicyclic) bond motifs is 1. The minimum Gasteiger partial charge on any atom is -0.484 e. The average molecular weight is 615 g/mol. The van der Waals surface area contributed by atoms with Crippen molar-refractivity contribution in [2.24, 2.45) is 0 Å². The van der Waals surface area contributed by atoms with Crippen molar-refractivity contribution in [3.8, 4) is 5.75 Å². The van der Waals surface area contributed by atoms with Crippen LogP contribution in [0, 0.1) is 0 Å². The molecule has 2 N–H and O–H groups in total. The molecule has 222 valence electrons. The van der Waals surface area contributed by atoms with Crippen LogP contribution in [0.2, 0.25) is 0 Å². The number of hydrogen-bond acceptors (Lipinski definition) is 7. The number of nitrogens with one attached hydrogen (secondary N) is 2. The Morgan fingerprint density at radius 1 is 0.977 bits per heavy atom. The van der Waals surface area contributed by atoms with E-state index in [9.17, 15) is 14.4 Å². The van der Waals surface area contributed by atoms with Crippen LogP contribution in [-0.2, 0) is 27.2 Å². The normalized spacial score (nSPS) is 14.7. The van der Waals surface area contributed by atoms with Crippen LogP contribution in [0.15, 0.2) is 89.8 Å². The lowest BCUT2D eigenvalue weighted by atomic mass is 9.83. The van der Waals surface area contributed by atoms with Crippen molar-refractivity contribution in [1.29, 1.82) is 0 Å². The lowest BCUT2D eigenvalue weighted by Gasteiger charge is -2.23. The summed E-state index contributed by atoms with van der Waals surface area (Å²) < 4.78 is 10.9. The van der Waals surface area contributed by atoms with E-state index in [1.54, 1.807) is 25.1 Å². The maximum Gasteiger partial charge on any atom is 0.341 e. The maximum absolute atomic E-state index is 13.4. The van der Waals surface area contributed by atoms with Gasteiger partial charge in [-0.1, -0.05) is 54.6 Å². The molecule has 5 rings (SSSR count). The first-order chi connectivity index (χ1) is 20.9. The average Bonchev–Trinajstić information content (AvgIpc) is 3.38. The third kappa shape index (κ3) is 7.86. The summed E-state index contributed by atoms with van der Waals surface area (Å²) >= 11 is 2.85. The summed E-state index contributed by atoms with van der Waals surface area (Å²) in [6.45, 7) is 3.76. The highest BCUT2D eigenvalue weighted by Crippen LogP contribution is 2.43. The molecule has 0 aliphatic heterocycles. The summed E-state index contributed by atoms with van der Waals surface area (Å²) in [7, 11) is 0. The second-order valence-corrected chi connectivity index (χ2v) is 12.7. The SMILES string of the molecule is CCOC(=O)c1c(NC(=O)C(C)Sc2cccc(NC(=O)COc3ccccc3)c2)sc2c1CCC(c1ccccc1)C2. The molecule has 4 aromatic rings. The Bertz CT molecular complexity index is 1570. The number of esters is 1. The van der Waals surface area contributed by atoms with Crippen molar-refractivity contribution in [3.63, 3.8) is 0 Å². The third-order valence-corrected chi connectivity index (χ3v) is 9.43. The summed E-state index contributed by atoms with van der Waals surface area (Å²) in [6.07, 6.45) is 2.52. The number of benzene rings is 3. The van der Waals surface area contributed by atoms with Crippen LogP contribution >= 0.6 is 23.1 Å². The zero-order valence-corrected chi connectivity index (χ0v) is 25.8. The predicted molar refractivity (Wildman–Crippen MR) is 172 cm³/mol. The second kappa shape index (κ2) is 14.4. The molecule has 0 saturated heterocycles. The molecule has 0 bridgehead atoms. The van der Waals surface area contributed by atoms with Gasteiger partial charge in [-0.15, -0.1) is 23.1 Å². The van der Waals surface area contributed by atoms with E-state index < -0.39 is 11.2 Å². The molecule has 1 aromatic heterocycles. The number of hydrogen-bond donors (Lipinski definition) is 2. The molecule has 3 aromatic carbocycles. The van der Waals surface area contributed by atoms with Crippen molar-refractivity contribution < 1.29 is 23.9 Å². The van der Waals surface area contributed by atoms with Gasteiger partial charge >= 0.3 is 5.97 Å². The number of thioether (sulfide) groups is 1. The number of rotatable bonds is 11. The van der Waals surface area contributed by atoms with E-state index in [0.29, 0.717) is 27.9 Å². The maximum atomic E-state index is 13.4. The van der Waals surface area contributed by atoms with Gasteiger partial charge in [-0.05, 0) is 80.5 Å². The molecule has 7 nitrogen and oxygen atoms in total. The van der Waals surface area contributed by atoms with Crippen molar-refractivity contribution in [1.82, 2.24) is 0 Å². The fourth-order valence-corrected chi connectivity index (χ4v) is 7.33. The largest absolute Gasteiger partial charge is 0.484 e. The van der Waals surface area contributed by atoms with Gasteiger partial charge in [0.1, 0.15) is 10.8 Å². The van der Waals surface area contributed by atoms with Crippen LogP contribution in [0.1, 0.15) is 52.5 Å². The first-order valence-corrected chi connectivity index (χ1v) is 16.0. The molecule has 0 fully saturated rings. The van der Waals surface area contributed by atoms with Crippen LogP contribution in [-0.4, -0.2) is 36.2 Å². The van der Waals surface area contributed by atoms with Crippen LogP contribution in [0.25, 0.3) is 0 Å². The summed E-state index contributed by atoms with van der Waals surface area (Å²) in [5.74, 6) is 0.112. The van der Waals surface area contributed by atoms with Crippen LogP contribution in [0.4, 0.5) is 10.7 Å².